The molecule has 7 heavy (non-hydrogen) atoms. The quantitative estimate of drug-likeness (QED) is 0.391. The molecule has 0 saturated carbocycles. The molecule has 0 fully saturated rings. The van der Waals surface area contributed by atoms with E-state index in [9.17, 15) is 0 Å². The second-order valence-corrected chi connectivity index (χ2v) is 4.25. The van der Waals surface area contributed by atoms with Gasteiger partial charge in [0.05, 0.1) is 0 Å². The summed E-state index contributed by atoms with van der Waals surface area (Å²) in [6.07, 6.45) is 0. The second-order valence-electron chi connectivity index (χ2n) is 0.448. The van der Waals surface area contributed by atoms with Gasteiger partial charge in [0.1, 0.15) is 0 Å². The molecule has 0 amide bonds. The molecule has 0 aromatic rings. The Labute approximate surface area is 78.5 Å². The standard InChI is InChI=1S/Cu.In.H2O3SSe.3H/c;;1-4(2,3)5;;;/h;;(H2,1,2,3,5);;;. The molecule has 0 atom stereocenters. The van der Waals surface area contributed by atoms with Crippen molar-refractivity contribution in [2.45, 2.75) is 0 Å². The van der Waals surface area contributed by atoms with Gasteiger partial charge in [0.25, 0.3) is 0 Å². The van der Waals surface area contributed by atoms with Crippen LogP contribution in [-0.4, -0.2) is 53.7 Å². The molecule has 0 unspecified atom stereocenters. The molecule has 0 aliphatic carbocycles. The zero-order valence-corrected chi connectivity index (χ0v) is 6.06. The Balaban J connectivity index is -0.0000000800. The summed E-state index contributed by atoms with van der Waals surface area (Å²) in [6, 6.07) is 0. The molecule has 0 aliphatic rings. The molecule has 3 nitrogen and oxygen atoms in total. The molecule has 0 aliphatic heterocycles. The van der Waals surface area contributed by atoms with Gasteiger partial charge in [-0.3, -0.25) is 0 Å². The van der Waals surface area contributed by atoms with E-state index in [-0.39, 0.29) is 42.9 Å². The fourth-order valence-corrected chi connectivity index (χ4v) is 0. The third-order valence-electron chi connectivity index (χ3n) is 0. The molecule has 49 valence electrons. The van der Waals surface area contributed by atoms with Crippen LogP contribution in [-0.2, 0) is 25.6 Å². The van der Waals surface area contributed by atoms with Crippen LogP contribution in [0, 0.1) is 0 Å². The first kappa shape index (κ1) is 15.9. The molecule has 0 heterocycles. The first-order chi connectivity index (χ1) is 2.00. The van der Waals surface area contributed by atoms with E-state index in [1.807, 2.05) is 0 Å². The van der Waals surface area contributed by atoms with Crippen LogP contribution in [0.15, 0.2) is 0 Å². The molecule has 0 spiro atoms. The van der Waals surface area contributed by atoms with Crippen LogP contribution in [0.1, 0.15) is 0 Å². The molecule has 0 rings (SSSR count). The minimum atomic E-state index is -3.73. The van der Waals surface area contributed by atoms with Crippen molar-refractivity contribution in [3.63, 3.8) is 0 Å². The van der Waals surface area contributed by atoms with E-state index in [4.69, 9.17) is 13.0 Å². The summed E-state index contributed by atoms with van der Waals surface area (Å²) in [5.74, 6) is 0. The Bertz CT molecular complexity index is 98.1. The number of hydrogen-bond donors (Lipinski definition) is 1. The zero-order chi connectivity index (χ0) is 4.50. The van der Waals surface area contributed by atoms with Crippen LogP contribution in [0.4, 0.5) is 0 Å². The van der Waals surface area contributed by atoms with Gasteiger partial charge >= 0.3 is 62.2 Å². The summed E-state index contributed by atoms with van der Waals surface area (Å²) in [7, 11) is -3.73. The van der Waals surface area contributed by atoms with E-state index in [2.05, 4.69) is 0 Å². The first-order valence-corrected chi connectivity index (χ1v) is 4.39. The van der Waals surface area contributed by atoms with Crippen LogP contribution >= 0.6 is 0 Å². The van der Waals surface area contributed by atoms with Crippen molar-refractivity contribution in [2.24, 2.45) is 0 Å². The second kappa shape index (κ2) is 5.95. The Morgan fingerprint density at radius 1 is 1.43 bits per heavy atom. The molecule has 0 bridgehead atoms. The monoisotopic (exact) mass is 343 g/mol. The van der Waals surface area contributed by atoms with Crippen molar-refractivity contribution in [1.29, 1.82) is 0 Å². The van der Waals surface area contributed by atoms with Gasteiger partial charge in [0.15, 0.2) is 0 Å². The molecular weight excluding hydrogens is 337 g/mol. The van der Waals surface area contributed by atoms with Crippen LogP contribution in [0.25, 0.3) is 0 Å². The van der Waals surface area contributed by atoms with E-state index in [0.717, 1.165) is 14.9 Å². The van der Waals surface area contributed by atoms with Gasteiger partial charge in [-0.15, -0.1) is 0 Å². The summed E-state index contributed by atoms with van der Waals surface area (Å²) in [5.41, 5.74) is 0. The van der Waals surface area contributed by atoms with Crippen molar-refractivity contribution in [3.05, 3.63) is 0 Å². The topological polar surface area (TPSA) is 54.4 Å². The first-order valence-electron chi connectivity index (χ1n) is 0.698. The fourth-order valence-electron chi connectivity index (χ4n) is 0. The molecule has 7 heteroatoms. The Hall–Kier alpha value is 1.82. The van der Waals surface area contributed by atoms with Crippen LogP contribution in [0.5, 0.6) is 0 Å². The number of hydrogen-bond acceptors (Lipinski definition) is 2. The van der Waals surface area contributed by atoms with Crippen molar-refractivity contribution >= 4 is 49.3 Å². The van der Waals surface area contributed by atoms with Crippen LogP contribution in [0.3, 0.4) is 0 Å². The minimum absolute atomic E-state index is 0. The molecule has 0 saturated heterocycles. The van der Waals surface area contributed by atoms with E-state index in [1.165, 1.54) is 0 Å². The van der Waals surface area contributed by atoms with Gasteiger partial charge in [-0.1, -0.05) is 0 Å². The SMILES string of the molecule is O=S(=O)(O)[SeH].[Cu].[InH3]. The third-order valence-corrected chi connectivity index (χ3v) is 0. The maximum atomic E-state index is 9.16. The Morgan fingerprint density at radius 3 is 1.43 bits per heavy atom. The molecule has 0 aromatic carbocycles. The summed E-state index contributed by atoms with van der Waals surface area (Å²) in [6.45, 7) is 0. The van der Waals surface area contributed by atoms with Crippen LogP contribution < -0.4 is 0 Å². The summed E-state index contributed by atoms with van der Waals surface area (Å²) in [4.78, 5) is 0. The van der Waals surface area contributed by atoms with Gasteiger partial charge in [-0.2, -0.15) is 0 Å². The number of rotatable bonds is 0. The van der Waals surface area contributed by atoms with Crippen molar-refractivity contribution in [1.82, 2.24) is 0 Å². The molecule has 0 aromatic heterocycles. The maximum absolute atomic E-state index is 9.16. The summed E-state index contributed by atoms with van der Waals surface area (Å²) < 4.78 is 25.8. The van der Waals surface area contributed by atoms with Gasteiger partial charge in [0, 0.05) is 17.1 Å². The predicted octanol–water partition coefficient (Wildman–Crippen LogP) is -2.50. The average molecular weight is 342 g/mol. The Kier molecular flexibility index (Phi) is 13.5. The van der Waals surface area contributed by atoms with Crippen molar-refractivity contribution < 1.29 is 30.0 Å². The molecule has 1 radical (unpaired) electrons. The van der Waals surface area contributed by atoms with Gasteiger partial charge in [-0.25, -0.2) is 0 Å². The summed E-state index contributed by atoms with van der Waals surface area (Å²) in [5, 5.41) is 0. The predicted molar refractivity (Wildman–Crippen MR) is 28.6 cm³/mol. The Morgan fingerprint density at radius 2 is 1.43 bits per heavy atom. The average Bonchev–Trinajstić information content (AvgIpc) is 0.722. The van der Waals surface area contributed by atoms with E-state index < -0.39 is 8.54 Å². The third kappa shape index (κ3) is 80.0. The van der Waals surface area contributed by atoms with Crippen LogP contribution in [0.2, 0.25) is 0 Å². The normalized spacial score (nSPS) is 8.29. The van der Waals surface area contributed by atoms with Crippen molar-refractivity contribution in [2.75, 3.05) is 0 Å². The summed E-state index contributed by atoms with van der Waals surface area (Å²) >= 11 is 1.11. The van der Waals surface area contributed by atoms with Gasteiger partial charge < -0.3 is 0 Å². The fraction of sp³-hybridized carbons (Fsp3) is 0. The molecule has 1 N–H and O–H groups in total. The van der Waals surface area contributed by atoms with Gasteiger partial charge in [-0.05, 0) is 0 Å². The zero-order valence-electron chi connectivity index (χ0n) is 2.42. The van der Waals surface area contributed by atoms with E-state index >= 15 is 0 Å². The van der Waals surface area contributed by atoms with Crippen molar-refractivity contribution in [3.8, 4) is 0 Å². The van der Waals surface area contributed by atoms with E-state index in [1.54, 1.807) is 0 Å². The van der Waals surface area contributed by atoms with E-state index in [0.29, 0.717) is 0 Å². The van der Waals surface area contributed by atoms with Gasteiger partial charge in [0.2, 0.25) is 0 Å². The molecular formula is H5CuInO3SSe.